The van der Waals surface area contributed by atoms with Crippen LogP contribution in [0.3, 0.4) is 0 Å². The smallest absolute Gasteiger partial charge is 0.333 e. The molecule has 4 bridgehead atoms. The number of aromatic nitrogens is 3. The standard InChI is InChI=1S/C47H60N4O13/c1-22(2)11-10-16-45(8)17-15-26-37(62-45)25(13-12-23(3)4)39-30(38(26)61-42-36(56)35(55)33(53)28(20-52)60-42)34(54)31-32(51-21-49-43(48)50-51)27-19-29-44(6,7)64-46(40(27)57,47(29,31)63-39)18-14-24(5)41(58)59-9/h11-12,14-15,17,21,27-29,31-33,35-36,42,52-53,55-56H,10,13,16,18-20H2,1-9H3,(H2,48,50)/b24-14-/t27?,28-,29?,31?,32?,33-,35+,36-,42+,45?,46?,47?/m1/s1. The van der Waals surface area contributed by atoms with Gasteiger partial charge in [-0.1, -0.05) is 29.4 Å². The number of ketones is 2. The van der Waals surface area contributed by atoms with Gasteiger partial charge in [0.05, 0.1) is 36.8 Å². The minimum atomic E-state index is -1.84. The largest absolute Gasteiger partial charge is 0.482 e. The number of carbonyl (C=O) groups excluding carboxylic acids is 3. The molecule has 17 nitrogen and oxygen atoms in total. The van der Waals surface area contributed by atoms with Gasteiger partial charge in [-0.05, 0) is 93.2 Å². The molecular formula is C47H60N4O13. The van der Waals surface area contributed by atoms with E-state index >= 15 is 9.59 Å². The lowest BCUT2D eigenvalue weighted by Gasteiger charge is -2.62. The summed E-state index contributed by atoms with van der Waals surface area (Å²) in [5.74, 6) is -3.88. The van der Waals surface area contributed by atoms with Crippen LogP contribution < -0.4 is 19.9 Å². The number of fused-ring (bicyclic) bond motifs is 2. The molecule has 12 atom stereocenters. The zero-order valence-corrected chi connectivity index (χ0v) is 37.8. The second-order valence-electron chi connectivity index (χ2n) is 19.3. The van der Waals surface area contributed by atoms with Crippen LogP contribution in [0.25, 0.3) is 6.08 Å². The van der Waals surface area contributed by atoms with Crippen LogP contribution in [-0.2, 0) is 30.2 Å². The number of nitrogens with two attached hydrogens (primary N) is 1. The predicted octanol–water partition coefficient (Wildman–Crippen LogP) is 3.91. The SMILES string of the molecule is COC(=O)/C(C)=C\CC12OC(C)(C)C3CC(C1=O)C(n1cnc(N)n1)C1C(=O)c4c(O[C@@H]5O[C@H](CO)[C@@H](O)[C@H](O)[C@H]5O)c5c(c(CC=C(C)C)c4OC132)OC(C)(CCC=C(C)C)C=C5. The fraction of sp³-hybridized carbons (Fsp3) is 0.596. The molecule has 4 aliphatic heterocycles. The average Bonchev–Trinajstić information content (AvgIpc) is 3.73. The Kier molecular flexibility index (Phi) is 11.6. The van der Waals surface area contributed by atoms with Crippen LogP contribution in [0, 0.1) is 17.8 Å². The number of methoxy groups -OCH3 is 1. The van der Waals surface area contributed by atoms with Crippen LogP contribution in [0.5, 0.6) is 17.2 Å². The van der Waals surface area contributed by atoms with Crippen molar-refractivity contribution in [2.24, 2.45) is 17.8 Å². The Bertz CT molecular complexity index is 2380. The van der Waals surface area contributed by atoms with Crippen molar-refractivity contribution in [3.8, 4) is 17.2 Å². The first-order valence-electron chi connectivity index (χ1n) is 21.9. The van der Waals surface area contributed by atoms with Crippen molar-refractivity contribution in [3.63, 3.8) is 0 Å². The molecule has 0 amide bonds. The molecule has 5 fully saturated rings. The highest BCUT2D eigenvalue weighted by atomic mass is 16.7. The topological polar surface area (TPSA) is 244 Å². The third-order valence-corrected chi connectivity index (χ3v) is 14.1. The molecule has 64 heavy (non-hydrogen) atoms. The van der Waals surface area contributed by atoms with E-state index < -0.39 is 95.3 Å². The number of hydrogen-bond acceptors (Lipinski definition) is 16. The number of benzene rings is 1. The summed E-state index contributed by atoms with van der Waals surface area (Å²) < 4.78 is 40.7. The number of nitrogen functional groups attached to an aromatic ring is 1. The van der Waals surface area contributed by atoms with Gasteiger partial charge >= 0.3 is 5.97 Å². The summed E-state index contributed by atoms with van der Waals surface area (Å²) in [6, 6.07) is -0.979. The summed E-state index contributed by atoms with van der Waals surface area (Å²) in [5, 5.41) is 47.6. The number of nitrogens with zero attached hydrogens (tertiary/aromatic N) is 3. The Morgan fingerprint density at radius 2 is 1.72 bits per heavy atom. The van der Waals surface area contributed by atoms with Gasteiger partial charge in [-0.15, -0.1) is 5.10 Å². The Morgan fingerprint density at radius 3 is 2.36 bits per heavy atom. The Balaban J connectivity index is 1.43. The highest BCUT2D eigenvalue weighted by Gasteiger charge is 2.86. The van der Waals surface area contributed by atoms with E-state index in [-0.39, 0.29) is 53.6 Å². The zero-order chi connectivity index (χ0) is 46.4. The molecule has 1 spiro atoms. The van der Waals surface area contributed by atoms with E-state index in [1.54, 1.807) is 19.1 Å². The van der Waals surface area contributed by atoms with E-state index in [2.05, 4.69) is 16.2 Å². The summed E-state index contributed by atoms with van der Waals surface area (Å²) in [6.45, 7) is 14.5. The van der Waals surface area contributed by atoms with Gasteiger partial charge in [0.15, 0.2) is 22.8 Å². The number of aliphatic hydroxyl groups excluding tert-OH is 4. The van der Waals surface area contributed by atoms with Crippen molar-refractivity contribution in [1.29, 1.82) is 0 Å². The maximum absolute atomic E-state index is 16.4. The number of aliphatic hydroxyl groups is 4. The van der Waals surface area contributed by atoms with Gasteiger partial charge < -0.3 is 54.6 Å². The lowest BCUT2D eigenvalue weighted by Crippen LogP contribution is -2.78. The van der Waals surface area contributed by atoms with Gasteiger partial charge in [0.25, 0.3) is 0 Å². The number of anilines is 1. The van der Waals surface area contributed by atoms with Crippen LogP contribution in [-0.4, -0.2) is 120 Å². The first kappa shape index (κ1) is 45.7. The molecule has 9 rings (SSSR count). The molecule has 7 aliphatic rings. The number of hydrogen-bond donors (Lipinski definition) is 5. The lowest BCUT2D eigenvalue weighted by atomic mass is 9.45. The number of carbonyl (C=O) groups is 3. The number of Topliss-reactive ketones (excluding diaryl/α,β-unsaturated/α-hetero) is 2. The first-order valence-corrected chi connectivity index (χ1v) is 21.9. The number of ether oxygens (including phenoxy) is 6. The summed E-state index contributed by atoms with van der Waals surface area (Å²) in [6.07, 6.45) is 3.99. The average molecular weight is 889 g/mol. The van der Waals surface area contributed by atoms with E-state index in [0.29, 0.717) is 29.7 Å². The third kappa shape index (κ3) is 6.92. The van der Waals surface area contributed by atoms with E-state index in [4.69, 9.17) is 34.2 Å². The van der Waals surface area contributed by atoms with Crippen molar-refractivity contribution >= 4 is 29.6 Å². The summed E-state index contributed by atoms with van der Waals surface area (Å²) >= 11 is 0. The minimum Gasteiger partial charge on any atom is -0.482 e. The molecule has 3 aliphatic carbocycles. The summed E-state index contributed by atoms with van der Waals surface area (Å²) in [7, 11) is 1.27. The van der Waals surface area contributed by atoms with Crippen LogP contribution in [0.1, 0.15) is 109 Å². The Morgan fingerprint density at radius 1 is 1.00 bits per heavy atom. The van der Waals surface area contributed by atoms with E-state index in [1.807, 2.05) is 60.6 Å². The third-order valence-electron chi connectivity index (χ3n) is 14.1. The molecular weight excluding hydrogens is 829 g/mol. The summed E-state index contributed by atoms with van der Waals surface area (Å²) in [4.78, 5) is 48.8. The molecule has 6 N–H and O–H groups in total. The molecule has 2 saturated heterocycles. The molecule has 0 radical (unpaired) electrons. The zero-order valence-electron chi connectivity index (χ0n) is 37.8. The fourth-order valence-electron chi connectivity index (χ4n) is 11.1. The van der Waals surface area contributed by atoms with E-state index in [0.717, 1.165) is 11.1 Å². The van der Waals surface area contributed by atoms with Crippen LogP contribution in [0.4, 0.5) is 5.95 Å². The quantitative estimate of drug-likeness (QED) is 0.115. The second kappa shape index (κ2) is 16.2. The molecule has 1 aromatic carbocycles. The van der Waals surface area contributed by atoms with Gasteiger partial charge in [0, 0.05) is 29.4 Å². The summed E-state index contributed by atoms with van der Waals surface area (Å²) in [5.41, 5.74) is 3.72. The van der Waals surface area contributed by atoms with Crippen molar-refractivity contribution in [2.45, 2.75) is 147 Å². The fourth-order valence-corrected chi connectivity index (χ4v) is 11.1. The minimum absolute atomic E-state index is 0.0448. The molecule has 1 aromatic heterocycles. The van der Waals surface area contributed by atoms with Gasteiger partial charge in [0.2, 0.25) is 12.2 Å². The van der Waals surface area contributed by atoms with Crippen molar-refractivity contribution in [2.75, 3.05) is 19.5 Å². The van der Waals surface area contributed by atoms with Gasteiger partial charge in [-0.2, -0.15) is 0 Å². The second-order valence-corrected chi connectivity index (χ2v) is 19.3. The Labute approximate surface area is 371 Å². The lowest BCUT2D eigenvalue weighted by molar-refractivity contribution is -0.277. The highest BCUT2D eigenvalue weighted by Crippen LogP contribution is 2.72. The normalized spacial score (nSPS) is 35.4. The monoisotopic (exact) mass is 888 g/mol. The number of allylic oxidation sites excluding steroid dienone is 4. The van der Waals surface area contributed by atoms with Crippen LogP contribution >= 0.6 is 0 Å². The van der Waals surface area contributed by atoms with Gasteiger partial charge in [0.1, 0.15) is 59.2 Å². The predicted molar refractivity (Wildman–Crippen MR) is 230 cm³/mol. The maximum atomic E-state index is 16.4. The number of rotatable bonds is 12. The van der Waals surface area contributed by atoms with Gasteiger partial charge in [-0.25, -0.2) is 14.5 Å². The van der Waals surface area contributed by atoms with Crippen molar-refractivity contribution in [1.82, 2.24) is 14.8 Å². The highest BCUT2D eigenvalue weighted by molar-refractivity contribution is 6.10. The van der Waals surface area contributed by atoms with Crippen LogP contribution in [0.2, 0.25) is 0 Å². The first-order chi connectivity index (χ1) is 30.1. The number of esters is 1. The van der Waals surface area contributed by atoms with Crippen molar-refractivity contribution in [3.05, 3.63) is 64.0 Å². The molecule has 346 valence electrons. The molecule has 2 aromatic rings. The van der Waals surface area contributed by atoms with E-state index in [9.17, 15) is 25.2 Å². The van der Waals surface area contributed by atoms with Gasteiger partial charge in [-0.3, -0.25) is 9.59 Å². The molecule has 3 saturated carbocycles. The van der Waals surface area contributed by atoms with Crippen molar-refractivity contribution < 1.29 is 63.2 Å². The Hall–Kier alpha value is -4.91. The van der Waals surface area contributed by atoms with E-state index in [1.165, 1.54) is 18.1 Å². The molecule has 17 heteroatoms. The maximum Gasteiger partial charge on any atom is 0.333 e. The molecule has 5 heterocycles. The molecule has 7 unspecified atom stereocenters. The van der Waals surface area contributed by atoms with Crippen LogP contribution in [0.15, 0.2) is 47.4 Å².